The van der Waals surface area contributed by atoms with E-state index in [0.717, 1.165) is 0 Å². The molecule has 0 unspecified atom stereocenters. The molecule has 27 heavy (non-hydrogen) atoms. The van der Waals surface area contributed by atoms with E-state index >= 15 is 0 Å². The van der Waals surface area contributed by atoms with Gasteiger partial charge in [0.1, 0.15) is 0 Å². The van der Waals surface area contributed by atoms with Crippen molar-refractivity contribution in [3.8, 4) is 0 Å². The maximum atomic E-state index is 11.9. The van der Waals surface area contributed by atoms with Gasteiger partial charge in [-0.15, -0.1) is 0 Å². The highest BCUT2D eigenvalue weighted by Gasteiger charge is 2.20. The van der Waals surface area contributed by atoms with Crippen LogP contribution in [-0.4, -0.2) is 40.2 Å². The lowest BCUT2D eigenvalue weighted by Gasteiger charge is -2.08. The van der Waals surface area contributed by atoms with Crippen molar-refractivity contribution in [2.75, 3.05) is 11.5 Å². The SMILES string of the molecule is O=C(NS(=O)(=O)CCCS(=O)(=O)NC(=O)c1ccccc1)c1ccccc1. The van der Waals surface area contributed by atoms with Crippen molar-refractivity contribution in [2.45, 2.75) is 6.42 Å². The van der Waals surface area contributed by atoms with Crippen molar-refractivity contribution in [2.24, 2.45) is 0 Å². The van der Waals surface area contributed by atoms with Gasteiger partial charge in [0, 0.05) is 11.1 Å². The number of hydrogen-bond donors (Lipinski definition) is 2. The Morgan fingerprint density at radius 3 is 1.30 bits per heavy atom. The Morgan fingerprint density at radius 2 is 0.963 bits per heavy atom. The number of carbonyl (C=O) groups is 2. The first-order chi connectivity index (χ1) is 12.7. The number of sulfonamides is 2. The molecule has 8 nitrogen and oxygen atoms in total. The van der Waals surface area contributed by atoms with Gasteiger partial charge in [-0.3, -0.25) is 9.59 Å². The van der Waals surface area contributed by atoms with Crippen LogP contribution in [0.3, 0.4) is 0 Å². The lowest BCUT2D eigenvalue weighted by Crippen LogP contribution is -2.35. The Balaban J connectivity index is 1.86. The second-order valence-electron chi connectivity index (χ2n) is 5.59. The molecule has 0 atom stereocenters. The highest BCUT2D eigenvalue weighted by molar-refractivity contribution is 7.91. The lowest BCUT2D eigenvalue weighted by molar-refractivity contribution is 0.0972. The summed E-state index contributed by atoms with van der Waals surface area (Å²) >= 11 is 0. The second-order valence-corrected chi connectivity index (χ2v) is 9.27. The molecule has 144 valence electrons. The zero-order chi connectivity index (χ0) is 19.9. The number of nitrogens with one attached hydrogen (secondary N) is 2. The number of carbonyl (C=O) groups excluding carboxylic acids is 2. The van der Waals surface area contributed by atoms with Crippen LogP contribution in [0.5, 0.6) is 0 Å². The number of rotatable bonds is 8. The molecule has 0 spiro atoms. The topological polar surface area (TPSA) is 126 Å². The molecule has 2 amide bonds. The molecule has 0 saturated heterocycles. The summed E-state index contributed by atoms with van der Waals surface area (Å²) in [4.78, 5) is 23.7. The van der Waals surface area contributed by atoms with Gasteiger partial charge < -0.3 is 0 Å². The lowest BCUT2D eigenvalue weighted by atomic mass is 10.2. The zero-order valence-electron chi connectivity index (χ0n) is 14.2. The van der Waals surface area contributed by atoms with E-state index in [-0.39, 0.29) is 17.5 Å². The van der Waals surface area contributed by atoms with E-state index in [1.165, 1.54) is 24.3 Å². The molecule has 0 fully saturated rings. The molecule has 0 bridgehead atoms. The van der Waals surface area contributed by atoms with E-state index in [9.17, 15) is 26.4 Å². The third-order valence-corrected chi connectivity index (χ3v) is 6.04. The average molecular weight is 410 g/mol. The van der Waals surface area contributed by atoms with E-state index in [1.54, 1.807) is 36.4 Å². The number of hydrogen-bond acceptors (Lipinski definition) is 6. The molecule has 0 aromatic heterocycles. The van der Waals surface area contributed by atoms with Gasteiger partial charge in [-0.25, -0.2) is 26.3 Å². The summed E-state index contributed by atoms with van der Waals surface area (Å²) in [7, 11) is -8.02. The minimum absolute atomic E-state index is 0.170. The van der Waals surface area contributed by atoms with Crippen molar-refractivity contribution in [3.63, 3.8) is 0 Å². The molecule has 0 aliphatic carbocycles. The van der Waals surface area contributed by atoms with Crippen LogP contribution >= 0.6 is 0 Å². The Labute approximate surface area is 157 Å². The van der Waals surface area contributed by atoms with Gasteiger partial charge in [0.15, 0.2) is 0 Å². The fraction of sp³-hybridized carbons (Fsp3) is 0.176. The summed E-state index contributed by atoms with van der Waals surface area (Å²) in [6.07, 6.45) is -0.283. The fourth-order valence-electron chi connectivity index (χ4n) is 2.12. The largest absolute Gasteiger partial charge is 0.268 e. The molecule has 2 aromatic rings. The van der Waals surface area contributed by atoms with E-state index in [4.69, 9.17) is 0 Å². The molecule has 0 saturated carbocycles. The van der Waals surface area contributed by atoms with Gasteiger partial charge in [0.25, 0.3) is 11.8 Å². The molecule has 0 heterocycles. The Bertz CT molecular complexity index is 920. The van der Waals surface area contributed by atoms with Gasteiger partial charge >= 0.3 is 0 Å². The Kier molecular flexibility index (Phi) is 6.70. The van der Waals surface area contributed by atoms with Gasteiger partial charge in [0.2, 0.25) is 20.0 Å². The van der Waals surface area contributed by atoms with Crippen LogP contribution in [0.25, 0.3) is 0 Å². The summed E-state index contributed by atoms with van der Waals surface area (Å²) in [6, 6.07) is 15.5. The number of benzene rings is 2. The summed E-state index contributed by atoms with van der Waals surface area (Å²) in [5.74, 6) is -2.75. The van der Waals surface area contributed by atoms with E-state index < -0.39 is 43.4 Å². The standard InChI is InChI=1S/C17H18N2O6S2/c20-16(14-8-3-1-4-9-14)18-26(22,23)12-7-13-27(24,25)19-17(21)15-10-5-2-6-11-15/h1-6,8-11H,7,12-13H2,(H,18,20)(H,19,21). The summed E-state index contributed by atoms with van der Waals surface area (Å²) in [5.41, 5.74) is 0.340. The van der Waals surface area contributed by atoms with Crippen molar-refractivity contribution in [3.05, 3.63) is 71.8 Å². The van der Waals surface area contributed by atoms with Crippen LogP contribution in [0.1, 0.15) is 27.1 Å². The van der Waals surface area contributed by atoms with E-state index in [0.29, 0.717) is 0 Å². The first kappa shape index (κ1) is 20.6. The highest BCUT2D eigenvalue weighted by atomic mass is 32.2. The Hall–Kier alpha value is -2.72. The van der Waals surface area contributed by atoms with Crippen molar-refractivity contribution < 1.29 is 26.4 Å². The van der Waals surface area contributed by atoms with Gasteiger partial charge in [0.05, 0.1) is 11.5 Å². The first-order valence-electron chi connectivity index (χ1n) is 7.88. The molecule has 2 rings (SSSR count). The van der Waals surface area contributed by atoms with Crippen molar-refractivity contribution in [1.29, 1.82) is 0 Å². The average Bonchev–Trinajstić information content (AvgIpc) is 2.62. The normalized spacial score (nSPS) is 11.6. The molecule has 0 aliphatic rings. The summed E-state index contributed by atoms with van der Waals surface area (Å²) in [5, 5.41) is 0. The smallest absolute Gasteiger partial charge is 0.264 e. The predicted molar refractivity (Wildman–Crippen MR) is 100 cm³/mol. The van der Waals surface area contributed by atoms with Crippen LogP contribution in [0.4, 0.5) is 0 Å². The maximum Gasteiger partial charge on any atom is 0.264 e. The zero-order valence-corrected chi connectivity index (χ0v) is 15.8. The van der Waals surface area contributed by atoms with Crippen LogP contribution in [0, 0.1) is 0 Å². The van der Waals surface area contributed by atoms with Crippen LogP contribution in [-0.2, 0) is 20.0 Å². The number of amides is 2. The molecular formula is C17H18N2O6S2. The summed E-state index contributed by atoms with van der Waals surface area (Å²) in [6.45, 7) is 0. The molecule has 10 heteroatoms. The van der Waals surface area contributed by atoms with E-state index in [1.807, 2.05) is 9.44 Å². The van der Waals surface area contributed by atoms with Crippen LogP contribution in [0.15, 0.2) is 60.7 Å². The minimum atomic E-state index is -4.01. The third kappa shape index (κ3) is 6.83. The molecule has 2 N–H and O–H groups in total. The molecule has 2 aromatic carbocycles. The highest BCUT2D eigenvalue weighted by Crippen LogP contribution is 2.03. The summed E-state index contributed by atoms with van der Waals surface area (Å²) < 4.78 is 51.5. The molecule has 0 aliphatic heterocycles. The van der Waals surface area contributed by atoms with Gasteiger partial charge in [-0.2, -0.15) is 0 Å². The van der Waals surface area contributed by atoms with E-state index in [2.05, 4.69) is 0 Å². The fourth-order valence-corrected chi connectivity index (χ4v) is 4.36. The quantitative estimate of drug-likeness (QED) is 0.666. The van der Waals surface area contributed by atoms with Crippen molar-refractivity contribution in [1.82, 2.24) is 9.44 Å². The predicted octanol–water partition coefficient (Wildman–Crippen LogP) is 0.896. The third-order valence-electron chi connectivity index (χ3n) is 3.39. The molecule has 0 radical (unpaired) electrons. The Morgan fingerprint density at radius 1 is 0.630 bits per heavy atom. The van der Waals surface area contributed by atoms with Gasteiger partial charge in [-0.1, -0.05) is 36.4 Å². The monoisotopic (exact) mass is 410 g/mol. The van der Waals surface area contributed by atoms with Crippen molar-refractivity contribution >= 4 is 31.9 Å². The molecular weight excluding hydrogens is 392 g/mol. The van der Waals surface area contributed by atoms with Crippen LogP contribution < -0.4 is 9.44 Å². The first-order valence-corrected chi connectivity index (χ1v) is 11.2. The maximum absolute atomic E-state index is 11.9. The van der Waals surface area contributed by atoms with Gasteiger partial charge in [-0.05, 0) is 30.7 Å². The minimum Gasteiger partial charge on any atom is -0.268 e. The van der Waals surface area contributed by atoms with Crippen LogP contribution in [0.2, 0.25) is 0 Å². The second kappa shape index (κ2) is 8.78.